The van der Waals surface area contributed by atoms with Gasteiger partial charge in [-0.05, 0) is 0 Å². The molecule has 4 aromatic carbocycles. The van der Waals surface area contributed by atoms with Crippen molar-refractivity contribution in [3.63, 3.8) is 0 Å². The molecule has 0 aromatic heterocycles. The van der Waals surface area contributed by atoms with E-state index in [4.69, 9.17) is 0 Å². The second kappa shape index (κ2) is 17.2. The largest absolute Gasteiger partial charge is 1.00 e. The molecule has 0 nitrogen and oxygen atoms in total. The standard InChI is InChI=1S/C35H47.C13H10.2ClH.Zr/c1-10-15-24-20-26(34(4,5)6)21-25-22-29-31(23-18-13-14-19-23)33(35(7,8)9)28(17-12-3)27(16-11-2)32(29)30(24)25;1-3-7-12(8-4-1)11-13-9-5-2-6-10-13;;;/h13-14,18,20-22H,10-12,15-17,19H2,1-9H3;1-10H;2*1H;/q;;;;+2/p-2. The quantitative estimate of drug-likeness (QED) is 0.164. The van der Waals surface area contributed by atoms with Gasteiger partial charge in [0, 0.05) is 0 Å². The Hall–Kier alpha value is -2.31. The van der Waals surface area contributed by atoms with Crippen molar-refractivity contribution in [3.05, 3.63) is 147 Å². The normalized spacial score (nSPS) is 14.6. The summed E-state index contributed by atoms with van der Waals surface area (Å²) in [6.07, 6.45) is 15.1. The number of hydrogen-bond donors (Lipinski definition) is 0. The molecule has 0 amide bonds. The van der Waals surface area contributed by atoms with E-state index in [1.54, 1.807) is 53.3 Å². The predicted octanol–water partition coefficient (Wildman–Crippen LogP) is 6.91. The molecule has 6 rings (SSSR count). The van der Waals surface area contributed by atoms with Crippen LogP contribution in [0.5, 0.6) is 0 Å². The maximum Gasteiger partial charge on any atom is -1.00 e. The zero-order valence-corrected chi connectivity index (χ0v) is 36.4. The van der Waals surface area contributed by atoms with E-state index in [0.29, 0.717) is 3.63 Å². The smallest absolute Gasteiger partial charge is 1.00 e. The topological polar surface area (TPSA) is 0 Å². The summed E-state index contributed by atoms with van der Waals surface area (Å²) in [6, 6.07) is 28.0. The molecular formula is C48H57Cl2Zr. The van der Waals surface area contributed by atoms with Crippen LogP contribution in [0.1, 0.15) is 147 Å². The second-order valence-electron chi connectivity index (χ2n) is 16.4. The van der Waals surface area contributed by atoms with Gasteiger partial charge in [-0.3, -0.25) is 0 Å². The monoisotopic (exact) mass is 793 g/mol. The Kier molecular flexibility index (Phi) is 14.0. The third-order valence-electron chi connectivity index (χ3n) is 10.5. The molecule has 2 aliphatic rings. The van der Waals surface area contributed by atoms with Crippen LogP contribution in [-0.2, 0) is 52.8 Å². The molecule has 0 N–H and O–H groups in total. The van der Waals surface area contributed by atoms with Crippen molar-refractivity contribution in [3.8, 4) is 11.1 Å². The van der Waals surface area contributed by atoms with Crippen LogP contribution in [0.4, 0.5) is 0 Å². The first-order valence-electron chi connectivity index (χ1n) is 19.0. The Labute approximate surface area is 333 Å². The van der Waals surface area contributed by atoms with Crippen LogP contribution in [-0.4, -0.2) is 3.21 Å². The summed E-state index contributed by atoms with van der Waals surface area (Å²) in [6.45, 7) is 21.8. The van der Waals surface area contributed by atoms with Gasteiger partial charge in [0.1, 0.15) is 0 Å². The van der Waals surface area contributed by atoms with E-state index >= 15 is 0 Å². The van der Waals surface area contributed by atoms with Crippen LogP contribution in [0.2, 0.25) is 0 Å². The Morgan fingerprint density at radius 1 is 0.667 bits per heavy atom. The van der Waals surface area contributed by atoms with Crippen LogP contribution in [0.15, 0.2) is 91.0 Å². The molecule has 4 aromatic rings. The Bertz CT molecular complexity index is 1870. The molecule has 0 radical (unpaired) electrons. The zero-order chi connectivity index (χ0) is 34.9. The van der Waals surface area contributed by atoms with Gasteiger partial charge >= 0.3 is 311 Å². The van der Waals surface area contributed by atoms with E-state index in [2.05, 4.69) is 153 Å². The van der Waals surface area contributed by atoms with E-state index in [0.717, 1.165) is 25.7 Å². The number of rotatable bonds is 10. The van der Waals surface area contributed by atoms with Crippen molar-refractivity contribution >= 4 is 8.78 Å². The molecular weight excluding hydrogens is 739 g/mol. The van der Waals surface area contributed by atoms with Crippen LogP contribution in [0.3, 0.4) is 0 Å². The van der Waals surface area contributed by atoms with Gasteiger partial charge in [0.15, 0.2) is 0 Å². The second-order valence-corrected chi connectivity index (χ2v) is 19.7. The summed E-state index contributed by atoms with van der Waals surface area (Å²) >= 11 is -1.31. The molecule has 0 spiro atoms. The third kappa shape index (κ3) is 8.28. The predicted molar refractivity (Wildman–Crippen MR) is 211 cm³/mol. The molecule has 0 fully saturated rings. The number of hydrogen-bond acceptors (Lipinski definition) is 0. The molecule has 0 saturated carbocycles. The van der Waals surface area contributed by atoms with E-state index in [-0.39, 0.29) is 35.6 Å². The minimum Gasteiger partial charge on any atom is -1.00 e. The maximum atomic E-state index is 2.69. The molecule has 0 heterocycles. The van der Waals surface area contributed by atoms with Crippen molar-refractivity contribution in [2.45, 2.75) is 122 Å². The van der Waals surface area contributed by atoms with Crippen molar-refractivity contribution in [2.24, 2.45) is 0 Å². The molecule has 1 unspecified atom stereocenters. The average molecular weight is 796 g/mol. The SMILES string of the molecule is CCCc1cc(C(C)(C)C)cc2c1-c1c(CCC)c(CCC)c(C(C)(C)C)c(C3=CC=CC3)c1[CH]2[Zr+2]=[C](c1ccccc1)c1ccccc1.[Cl-].[Cl-]. The minimum absolute atomic E-state index is 0. The zero-order valence-electron chi connectivity index (χ0n) is 32.4. The maximum absolute atomic E-state index is 2.69. The average Bonchev–Trinajstić information content (AvgIpc) is 3.72. The van der Waals surface area contributed by atoms with Crippen LogP contribution in [0, 0.1) is 0 Å². The summed E-state index contributed by atoms with van der Waals surface area (Å²) in [5, 5.41) is 0. The molecule has 0 saturated heterocycles. The Morgan fingerprint density at radius 3 is 1.73 bits per heavy atom. The van der Waals surface area contributed by atoms with Crippen LogP contribution in [0.25, 0.3) is 16.7 Å². The fourth-order valence-corrected chi connectivity index (χ4v) is 12.8. The third-order valence-corrected chi connectivity index (χ3v) is 14.8. The van der Waals surface area contributed by atoms with Gasteiger partial charge in [0.2, 0.25) is 0 Å². The molecule has 51 heavy (non-hydrogen) atoms. The minimum atomic E-state index is -1.31. The van der Waals surface area contributed by atoms with Crippen molar-refractivity contribution < 1.29 is 47.6 Å². The van der Waals surface area contributed by atoms with Crippen molar-refractivity contribution in [1.29, 1.82) is 0 Å². The van der Waals surface area contributed by atoms with Gasteiger partial charge in [-0.1, -0.05) is 0 Å². The molecule has 2 aliphatic carbocycles. The van der Waals surface area contributed by atoms with Crippen LogP contribution >= 0.6 is 0 Å². The Morgan fingerprint density at radius 2 is 1.24 bits per heavy atom. The molecule has 0 aliphatic heterocycles. The molecule has 267 valence electrons. The summed E-state index contributed by atoms with van der Waals surface area (Å²) in [5.41, 5.74) is 20.7. The molecule has 1 atom stereocenters. The first-order valence-corrected chi connectivity index (χ1v) is 21.6. The van der Waals surface area contributed by atoms with E-state index in [1.807, 2.05) is 0 Å². The van der Waals surface area contributed by atoms with E-state index in [9.17, 15) is 0 Å². The number of benzene rings is 4. The number of fused-ring (bicyclic) bond motifs is 3. The van der Waals surface area contributed by atoms with Gasteiger partial charge < -0.3 is 24.8 Å². The Balaban J connectivity index is 0.00000292. The first kappa shape index (κ1) is 41.4. The van der Waals surface area contributed by atoms with Gasteiger partial charge in [-0.2, -0.15) is 0 Å². The summed E-state index contributed by atoms with van der Waals surface area (Å²) in [5.74, 6) is 0. The summed E-state index contributed by atoms with van der Waals surface area (Å²) in [7, 11) is 0. The van der Waals surface area contributed by atoms with E-state index < -0.39 is 22.8 Å². The van der Waals surface area contributed by atoms with Crippen molar-refractivity contribution in [2.75, 3.05) is 0 Å². The van der Waals surface area contributed by atoms with Gasteiger partial charge in [-0.25, -0.2) is 0 Å². The summed E-state index contributed by atoms with van der Waals surface area (Å²) < 4.78 is 2.05. The number of halogens is 2. The first-order chi connectivity index (χ1) is 23.5. The number of aryl methyl sites for hydroxylation is 1. The van der Waals surface area contributed by atoms with Crippen molar-refractivity contribution in [1.82, 2.24) is 0 Å². The fourth-order valence-electron chi connectivity index (χ4n) is 8.45. The molecule has 0 bridgehead atoms. The van der Waals surface area contributed by atoms with Gasteiger partial charge in [0.05, 0.1) is 0 Å². The fraction of sp³-hybridized carbons (Fsp3) is 0.396. The van der Waals surface area contributed by atoms with Crippen LogP contribution < -0.4 is 24.8 Å². The van der Waals surface area contributed by atoms with E-state index in [1.165, 1.54) is 41.5 Å². The van der Waals surface area contributed by atoms with Gasteiger partial charge in [-0.15, -0.1) is 0 Å². The molecule has 3 heteroatoms. The summed E-state index contributed by atoms with van der Waals surface area (Å²) in [4.78, 5) is 0. The van der Waals surface area contributed by atoms with Gasteiger partial charge in [0.25, 0.3) is 0 Å². The number of allylic oxidation sites excluding steroid dienone is 4.